The monoisotopic (exact) mass is 243 g/mol. The molecule has 4 nitrogen and oxygen atoms in total. The zero-order valence-corrected chi connectivity index (χ0v) is 10.8. The number of carbonyl (C=O) groups excluding carboxylic acids is 1. The number of nitrogen functional groups attached to an aromatic ring is 1. The summed E-state index contributed by atoms with van der Waals surface area (Å²) >= 11 is 0. The normalized spacial score (nSPS) is 11.5. The number of hydrogen-bond donors (Lipinski definition) is 1. The highest BCUT2D eigenvalue weighted by Gasteiger charge is 2.32. The highest BCUT2D eigenvalue weighted by atomic mass is 16.2. The lowest BCUT2D eigenvalue weighted by molar-refractivity contribution is 0.0807. The third-order valence-electron chi connectivity index (χ3n) is 3.08. The molecule has 0 atom stereocenters. The van der Waals surface area contributed by atoms with Gasteiger partial charge in [0.15, 0.2) is 0 Å². The van der Waals surface area contributed by atoms with Crippen molar-refractivity contribution in [3.05, 3.63) is 47.7 Å². The first-order chi connectivity index (χ1) is 8.43. The Labute approximate surface area is 106 Å². The van der Waals surface area contributed by atoms with Crippen LogP contribution < -0.4 is 5.73 Å². The molecule has 0 unspecified atom stereocenters. The van der Waals surface area contributed by atoms with E-state index >= 15 is 0 Å². The Balaban J connectivity index is 2.42. The van der Waals surface area contributed by atoms with E-state index < -0.39 is 5.41 Å². The third-order valence-corrected chi connectivity index (χ3v) is 3.08. The van der Waals surface area contributed by atoms with Crippen LogP contribution in [0.3, 0.4) is 0 Å². The van der Waals surface area contributed by atoms with Crippen molar-refractivity contribution in [3.63, 3.8) is 0 Å². The van der Waals surface area contributed by atoms with E-state index in [0.717, 1.165) is 11.3 Å². The fourth-order valence-corrected chi connectivity index (χ4v) is 1.93. The van der Waals surface area contributed by atoms with Crippen molar-refractivity contribution in [1.82, 2.24) is 9.78 Å². The average molecular weight is 243 g/mol. The lowest BCUT2D eigenvalue weighted by atomic mass is 9.84. The summed E-state index contributed by atoms with van der Waals surface area (Å²) in [5, 5.41) is 4.14. The van der Waals surface area contributed by atoms with Crippen LogP contribution in [-0.2, 0) is 5.41 Å². The van der Waals surface area contributed by atoms with Crippen LogP contribution in [0.1, 0.15) is 29.9 Å². The van der Waals surface area contributed by atoms with Gasteiger partial charge in [0.1, 0.15) is 5.82 Å². The van der Waals surface area contributed by atoms with E-state index in [1.807, 2.05) is 51.1 Å². The number of nitrogens with zero attached hydrogens (tertiary/aromatic N) is 2. The second kappa shape index (κ2) is 4.29. The number of nitrogens with two attached hydrogens (primary N) is 1. The van der Waals surface area contributed by atoms with E-state index in [4.69, 9.17) is 5.73 Å². The molecule has 0 saturated carbocycles. The number of aryl methyl sites for hydroxylation is 1. The Kier molecular flexibility index (Phi) is 2.95. The van der Waals surface area contributed by atoms with Crippen LogP contribution in [-0.4, -0.2) is 15.7 Å². The fourth-order valence-electron chi connectivity index (χ4n) is 1.93. The SMILES string of the molecule is Cc1cc(N)n(C(=O)C(C)(C)c2ccccc2)n1. The van der Waals surface area contributed by atoms with Gasteiger partial charge in [0.25, 0.3) is 5.91 Å². The minimum absolute atomic E-state index is 0.126. The van der Waals surface area contributed by atoms with Gasteiger partial charge in [-0.2, -0.15) is 9.78 Å². The van der Waals surface area contributed by atoms with Crippen LogP contribution in [0.4, 0.5) is 5.82 Å². The highest BCUT2D eigenvalue weighted by Crippen LogP contribution is 2.26. The molecule has 1 aromatic carbocycles. The van der Waals surface area contributed by atoms with Gasteiger partial charge in [-0.15, -0.1) is 0 Å². The fraction of sp³-hybridized carbons (Fsp3) is 0.286. The van der Waals surface area contributed by atoms with E-state index in [2.05, 4.69) is 5.10 Å². The maximum atomic E-state index is 12.5. The molecule has 0 bridgehead atoms. The molecule has 4 heteroatoms. The minimum Gasteiger partial charge on any atom is -0.383 e. The molecule has 0 amide bonds. The van der Waals surface area contributed by atoms with Crippen molar-refractivity contribution >= 4 is 11.7 Å². The Morgan fingerprint density at radius 1 is 1.28 bits per heavy atom. The number of rotatable bonds is 2. The van der Waals surface area contributed by atoms with Crippen molar-refractivity contribution in [3.8, 4) is 0 Å². The highest BCUT2D eigenvalue weighted by molar-refractivity contribution is 5.90. The minimum atomic E-state index is -0.659. The number of hydrogen-bond acceptors (Lipinski definition) is 3. The zero-order valence-electron chi connectivity index (χ0n) is 10.8. The van der Waals surface area contributed by atoms with Crippen LogP contribution in [0.25, 0.3) is 0 Å². The summed E-state index contributed by atoms with van der Waals surface area (Å²) < 4.78 is 1.28. The van der Waals surface area contributed by atoms with Gasteiger partial charge in [-0.1, -0.05) is 30.3 Å². The second-order valence-corrected chi connectivity index (χ2v) is 4.92. The summed E-state index contributed by atoms with van der Waals surface area (Å²) in [6.07, 6.45) is 0. The van der Waals surface area contributed by atoms with Crippen LogP contribution in [0.5, 0.6) is 0 Å². The van der Waals surface area contributed by atoms with Crippen LogP contribution >= 0.6 is 0 Å². The van der Waals surface area contributed by atoms with E-state index in [1.54, 1.807) is 6.07 Å². The number of anilines is 1. The molecule has 0 fully saturated rings. The van der Waals surface area contributed by atoms with Crippen molar-refractivity contribution in [2.45, 2.75) is 26.2 Å². The molecule has 94 valence electrons. The molecular formula is C14H17N3O. The Morgan fingerprint density at radius 2 is 1.89 bits per heavy atom. The maximum Gasteiger partial charge on any atom is 0.258 e. The van der Waals surface area contributed by atoms with E-state index in [1.165, 1.54) is 4.68 Å². The Morgan fingerprint density at radius 3 is 2.39 bits per heavy atom. The molecule has 0 radical (unpaired) electrons. The summed E-state index contributed by atoms with van der Waals surface area (Å²) in [6, 6.07) is 11.3. The summed E-state index contributed by atoms with van der Waals surface area (Å²) in [4.78, 5) is 12.5. The molecule has 0 aliphatic rings. The molecule has 1 aromatic heterocycles. The van der Waals surface area contributed by atoms with Gasteiger partial charge in [-0.25, -0.2) is 0 Å². The summed E-state index contributed by atoms with van der Waals surface area (Å²) in [5.41, 5.74) is 6.83. The van der Waals surface area contributed by atoms with Crippen LogP contribution in [0.2, 0.25) is 0 Å². The predicted octanol–water partition coefficient (Wildman–Crippen LogP) is 2.39. The molecule has 0 spiro atoms. The van der Waals surface area contributed by atoms with Crippen molar-refractivity contribution in [2.75, 3.05) is 5.73 Å². The third kappa shape index (κ3) is 2.01. The van der Waals surface area contributed by atoms with Gasteiger partial charge in [0.2, 0.25) is 0 Å². The summed E-state index contributed by atoms with van der Waals surface area (Å²) in [6.45, 7) is 5.57. The van der Waals surface area contributed by atoms with Crippen molar-refractivity contribution < 1.29 is 4.79 Å². The van der Waals surface area contributed by atoms with Crippen LogP contribution in [0.15, 0.2) is 36.4 Å². The molecule has 18 heavy (non-hydrogen) atoms. The first-order valence-corrected chi connectivity index (χ1v) is 5.85. The van der Waals surface area contributed by atoms with Crippen LogP contribution in [0, 0.1) is 6.92 Å². The van der Waals surface area contributed by atoms with Gasteiger partial charge in [-0.3, -0.25) is 4.79 Å². The standard InChI is InChI=1S/C14H17N3O/c1-10-9-12(15)17(16-10)13(18)14(2,3)11-7-5-4-6-8-11/h4-9H,15H2,1-3H3. The topological polar surface area (TPSA) is 60.9 Å². The molecule has 2 aromatic rings. The molecule has 2 rings (SSSR count). The molecular weight excluding hydrogens is 226 g/mol. The molecule has 0 saturated heterocycles. The van der Waals surface area contributed by atoms with E-state index in [0.29, 0.717) is 5.82 Å². The number of benzene rings is 1. The molecule has 2 N–H and O–H groups in total. The Bertz CT molecular complexity index is 570. The lowest BCUT2D eigenvalue weighted by Crippen LogP contribution is -2.35. The first-order valence-electron chi connectivity index (χ1n) is 5.85. The van der Waals surface area contributed by atoms with Crippen molar-refractivity contribution in [2.24, 2.45) is 0 Å². The number of aromatic nitrogens is 2. The van der Waals surface area contributed by atoms with E-state index in [-0.39, 0.29) is 5.91 Å². The first kappa shape index (κ1) is 12.4. The number of carbonyl (C=O) groups is 1. The van der Waals surface area contributed by atoms with Gasteiger partial charge >= 0.3 is 0 Å². The molecule has 1 heterocycles. The predicted molar refractivity (Wildman–Crippen MR) is 71.5 cm³/mol. The zero-order chi connectivity index (χ0) is 13.3. The second-order valence-electron chi connectivity index (χ2n) is 4.92. The maximum absolute atomic E-state index is 12.5. The lowest BCUT2D eigenvalue weighted by Gasteiger charge is -2.23. The van der Waals surface area contributed by atoms with E-state index in [9.17, 15) is 4.79 Å². The molecule has 0 aliphatic heterocycles. The van der Waals surface area contributed by atoms with Gasteiger partial charge < -0.3 is 5.73 Å². The largest absolute Gasteiger partial charge is 0.383 e. The average Bonchev–Trinajstić information content (AvgIpc) is 2.68. The summed E-state index contributed by atoms with van der Waals surface area (Å²) in [5.74, 6) is 0.251. The van der Waals surface area contributed by atoms with Crippen molar-refractivity contribution in [1.29, 1.82) is 0 Å². The Hall–Kier alpha value is -2.10. The molecule has 0 aliphatic carbocycles. The van der Waals surface area contributed by atoms with Gasteiger partial charge in [-0.05, 0) is 26.3 Å². The smallest absolute Gasteiger partial charge is 0.258 e. The quantitative estimate of drug-likeness (QED) is 0.881. The van der Waals surface area contributed by atoms with Gasteiger partial charge in [0, 0.05) is 6.07 Å². The van der Waals surface area contributed by atoms with Gasteiger partial charge in [0.05, 0.1) is 11.1 Å². The summed E-state index contributed by atoms with van der Waals surface area (Å²) in [7, 11) is 0.